The van der Waals surface area contributed by atoms with Crippen molar-refractivity contribution < 1.29 is 18.0 Å². The van der Waals surface area contributed by atoms with Crippen LogP contribution in [0.3, 0.4) is 0 Å². The number of halogens is 2. The SMILES string of the molecule is O=C(Cc1ccc(F)cc1)N(Cc1ccco1)c1nc2ccc(F)cc2s1. The fourth-order valence-corrected chi connectivity index (χ4v) is 3.70. The first kappa shape index (κ1) is 17.4. The monoisotopic (exact) mass is 384 g/mol. The molecule has 0 spiro atoms. The zero-order valence-electron chi connectivity index (χ0n) is 14.1. The minimum atomic E-state index is -0.355. The van der Waals surface area contributed by atoms with Gasteiger partial charge in [-0.05, 0) is 48.0 Å². The van der Waals surface area contributed by atoms with E-state index >= 15 is 0 Å². The first-order valence-corrected chi connectivity index (χ1v) is 9.03. The van der Waals surface area contributed by atoms with E-state index in [0.717, 1.165) is 0 Å². The minimum Gasteiger partial charge on any atom is -0.467 e. The summed E-state index contributed by atoms with van der Waals surface area (Å²) in [6.07, 6.45) is 1.62. The molecule has 0 aliphatic carbocycles. The van der Waals surface area contributed by atoms with Gasteiger partial charge in [0, 0.05) is 0 Å². The normalized spacial score (nSPS) is 11.0. The summed E-state index contributed by atoms with van der Waals surface area (Å²) >= 11 is 1.24. The summed E-state index contributed by atoms with van der Waals surface area (Å²) in [7, 11) is 0. The molecule has 0 N–H and O–H groups in total. The molecule has 0 saturated heterocycles. The number of nitrogens with zero attached hydrogens (tertiary/aromatic N) is 2. The van der Waals surface area contributed by atoms with Crippen LogP contribution in [0, 0.1) is 11.6 Å². The average Bonchev–Trinajstić information content (AvgIpc) is 3.30. The number of fused-ring (bicyclic) bond motifs is 1. The van der Waals surface area contributed by atoms with E-state index in [-0.39, 0.29) is 30.5 Å². The number of aromatic nitrogens is 1. The smallest absolute Gasteiger partial charge is 0.233 e. The Labute approximate surface area is 157 Å². The van der Waals surface area contributed by atoms with Gasteiger partial charge in [0.15, 0.2) is 5.13 Å². The first-order valence-electron chi connectivity index (χ1n) is 8.22. The maximum atomic E-state index is 13.5. The van der Waals surface area contributed by atoms with Crippen molar-refractivity contribution >= 4 is 32.6 Å². The summed E-state index contributed by atoms with van der Waals surface area (Å²) in [4.78, 5) is 18.9. The zero-order valence-corrected chi connectivity index (χ0v) is 14.9. The lowest BCUT2D eigenvalue weighted by atomic mass is 10.1. The Morgan fingerprint density at radius 3 is 2.59 bits per heavy atom. The van der Waals surface area contributed by atoms with E-state index in [2.05, 4.69) is 4.98 Å². The second-order valence-corrected chi connectivity index (χ2v) is 6.98. The maximum Gasteiger partial charge on any atom is 0.233 e. The Balaban J connectivity index is 1.66. The van der Waals surface area contributed by atoms with Crippen molar-refractivity contribution in [2.45, 2.75) is 13.0 Å². The predicted molar refractivity (Wildman–Crippen MR) is 99.6 cm³/mol. The molecule has 0 unspecified atom stereocenters. The molecule has 4 aromatic rings. The van der Waals surface area contributed by atoms with Crippen molar-refractivity contribution in [2.24, 2.45) is 0 Å². The molecule has 2 aromatic carbocycles. The maximum absolute atomic E-state index is 13.5. The molecule has 136 valence electrons. The van der Waals surface area contributed by atoms with E-state index in [1.165, 1.54) is 46.8 Å². The Hall–Kier alpha value is -3.06. The fourth-order valence-electron chi connectivity index (χ4n) is 2.69. The highest BCUT2D eigenvalue weighted by Gasteiger charge is 2.21. The van der Waals surface area contributed by atoms with E-state index in [9.17, 15) is 13.6 Å². The van der Waals surface area contributed by atoms with Gasteiger partial charge in [-0.15, -0.1) is 0 Å². The van der Waals surface area contributed by atoms with Crippen molar-refractivity contribution in [3.05, 3.63) is 83.8 Å². The molecular formula is C20H14F2N2O2S. The topological polar surface area (TPSA) is 46.3 Å². The summed E-state index contributed by atoms with van der Waals surface area (Å²) in [5.41, 5.74) is 1.31. The molecule has 27 heavy (non-hydrogen) atoms. The highest BCUT2D eigenvalue weighted by Crippen LogP contribution is 2.31. The molecule has 0 radical (unpaired) electrons. The van der Waals surface area contributed by atoms with Crippen LogP contribution in [0.1, 0.15) is 11.3 Å². The van der Waals surface area contributed by atoms with Crippen molar-refractivity contribution in [1.82, 2.24) is 4.98 Å². The van der Waals surface area contributed by atoms with Gasteiger partial charge in [0.05, 0.1) is 29.4 Å². The zero-order chi connectivity index (χ0) is 18.8. The van der Waals surface area contributed by atoms with Gasteiger partial charge >= 0.3 is 0 Å². The van der Waals surface area contributed by atoms with Crippen LogP contribution in [0.15, 0.2) is 65.3 Å². The molecule has 0 aliphatic rings. The molecule has 7 heteroatoms. The number of thiazole rings is 1. The molecule has 2 heterocycles. The number of amides is 1. The molecule has 4 nitrogen and oxygen atoms in total. The van der Waals surface area contributed by atoms with Gasteiger partial charge in [0.2, 0.25) is 5.91 Å². The molecule has 4 rings (SSSR count). The fraction of sp³-hybridized carbons (Fsp3) is 0.100. The van der Waals surface area contributed by atoms with E-state index in [1.807, 2.05) is 0 Å². The molecule has 0 bridgehead atoms. The summed E-state index contributed by atoms with van der Waals surface area (Å²) in [5.74, 6) is -0.315. The lowest BCUT2D eigenvalue weighted by molar-refractivity contribution is -0.118. The number of carbonyl (C=O) groups is 1. The van der Waals surface area contributed by atoms with E-state index in [1.54, 1.807) is 30.3 Å². The first-order chi connectivity index (χ1) is 13.1. The molecule has 0 atom stereocenters. The Morgan fingerprint density at radius 1 is 1.07 bits per heavy atom. The lowest BCUT2D eigenvalue weighted by Gasteiger charge is -2.18. The second-order valence-electron chi connectivity index (χ2n) is 5.97. The number of carbonyl (C=O) groups excluding carboxylic acids is 1. The number of benzene rings is 2. The second kappa shape index (κ2) is 7.28. The van der Waals surface area contributed by atoms with Gasteiger partial charge in [-0.2, -0.15) is 0 Å². The van der Waals surface area contributed by atoms with Gasteiger partial charge < -0.3 is 4.42 Å². The quantitative estimate of drug-likeness (QED) is 0.489. The van der Waals surface area contributed by atoms with Crippen molar-refractivity contribution in [1.29, 1.82) is 0 Å². The summed E-state index contributed by atoms with van der Waals surface area (Å²) < 4.78 is 32.6. The van der Waals surface area contributed by atoms with E-state index < -0.39 is 0 Å². The van der Waals surface area contributed by atoms with Crippen LogP contribution in [-0.4, -0.2) is 10.9 Å². The molecule has 0 saturated carbocycles. The standard InChI is InChI=1S/C20H14F2N2O2S/c21-14-5-3-13(4-6-14)10-19(25)24(12-16-2-1-9-26-16)20-23-17-8-7-15(22)11-18(17)27-20/h1-9,11H,10,12H2. The Kier molecular flexibility index (Phi) is 4.68. The Bertz CT molecular complexity index is 1080. The average molecular weight is 384 g/mol. The predicted octanol–water partition coefficient (Wildman–Crippen LogP) is 4.94. The van der Waals surface area contributed by atoms with E-state index in [4.69, 9.17) is 4.42 Å². The van der Waals surface area contributed by atoms with Gasteiger partial charge in [-0.25, -0.2) is 13.8 Å². The number of anilines is 1. The van der Waals surface area contributed by atoms with Crippen LogP contribution < -0.4 is 4.90 Å². The van der Waals surface area contributed by atoms with Crippen LogP contribution in [-0.2, 0) is 17.8 Å². The Morgan fingerprint density at radius 2 is 1.85 bits per heavy atom. The highest BCUT2D eigenvalue weighted by atomic mass is 32.1. The van der Waals surface area contributed by atoms with Gasteiger partial charge in [-0.1, -0.05) is 23.5 Å². The van der Waals surface area contributed by atoms with Crippen molar-refractivity contribution in [3.8, 4) is 0 Å². The molecular weight excluding hydrogens is 370 g/mol. The summed E-state index contributed by atoms with van der Waals surface area (Å²) in [6.45, 7) is 0.204. The largest absolute Gasteiger partial charge is 0.467 e. The van der Waals surface area contributed by atoms with E-state index in [0.29, 0.717) is 26.7 Å². The van der Waals surface area contributed by atoms with Crippen LogP contribution >= 0.6 is 11.3 Å². The molecule has 0 aliphatic heterocycles. The number of rotatable bonds is 5. The highest BCUT2D eigenvalue weighted by molar-refractivity contribution is 7.22. The van der Waals surface area contributed by atoms with Gasteiger partial charge in [0.25, 0.3) is 0 Å². The third kappa shape index (κ3) is 3.88. The third-order valence-electron chi connectivity index (χ3n) is 4.03. The van der Waals surface area contributed by atoms with Crippen LogP contribution in [0.5, 0.6) is 0 Å². The molecule has 0 fully saturated rings. The van der Waals surface area contributed by atoms with Crippen molar-refractivity contribution in [2.75, 3.05) is 4.90 Å². The van der Waals surface area contributed by atoms with Crippen molar-refractivity contribution in [3.63, 3.8) is 0 Å². The van der Waals surface area contributed by atoms with Gasteiger partial charge in [0.1, 0.15) is 17.4 Å². The van der Waals surface area contributed by atoms with Crippen LogP contribution in [0.25, 0.3) is 10.2 Å². The molecule has 2 aromatic heterocycles. The number of hydrogen-bond donors (Lipinski definition) is 0. The molecule has 1 amide bonds. The number of hydrogen-bond acceptors (Lipinski definition) is 4. The summed E-state index contributed by atoms with van der Waals surface area (Å²) in [6, 6.07) is 13.6. The van der Waals surface area contributed by atoms with Crippen LogP contribution in [0.4, 0.5) is 13.9 Å². The van der Waals surface area contributed by atoms with Crippen LogP contribution in [0.2, 0.25) is 0 Å². The van der Waals surface area contributed by atoms with Gasteiger partial charge in [-0.3, -0.25) is 9.69 Å². The third-order valence-corrected chi connectivity index (χ3v) is 5.07. The number of furan rings is 1. The minimum absolute atomic E-state index is 0.0886. The lowest BCUT2D eigenvalue weighted by Crippen LogP contribution is -2.31. The summed E-state index contributed by atoms with van der Waals surface area (Å²) in [5, 5.41) is 0.458.